The van der Waals surface area contributed by atoms with Crippen molar-refractivity contribution in [1.29, 1.82) is 0 Å². The van der Waals surface area contributed by atoms with E-state index >= 15 is 0 Å². The number of thiocarbonyl (C=S) groups is 1. The van der Waals surface area contributed by atoms with Crippen molar-refractivity contribution < 1.29 is 13.9 Å². The zero-order valence-electron chi connectivity index (χ0n) is 14.1. The molecule has 2 N–H and O–H groups in total. The lowest BCUT2D eigenvalue weighted by Gasteiger charge is -2.35. The zero-order chi connectivity index (χ0) is 17.9. The van der Waals surface area contributed by atoms with Gasteiger partial charge in [0.1, 0.15) is 5.82 Å². The van der Waals surface area contributed by atoms with E-state index in [1.807, 2.05) is 32.9 Å². The van der Waals surface area contributed by atoms with Gasteiger partial charge in [0.05, 0.1) is 18.7 Å². The largest absolute Gasteiger partial charge is 0.466 e. The molecule has 1 aliphatic heterocycles. The van der Waals surface area contributed by atoms with Crippen LogP contribution in [-0.2, 0) is 9.53 Å². The van der Waals surface area contributed by atoms with Crippen molar-refractivity contribution in [3.05, 3.63) is 53.0 Å². The van der Waals surface area contributed by atoms with Crippen LogP contribution in [0.4, 0.5) is 4.39 Å². The van der Waals surface area contributed by atoms with Crippen LogP contribution in [0.15, 0.2) is 41.6 Å². The molecule has 0 amide bonds. The molecule has 0 bridgehead atoms. The maximum absolute atomic E-state index is 13.0. The Kier molecular flexibility index (Phi) is 5.39. The van der Waals surface area contributed by atoms with E-state index in [1.54, 1.807) is 12.1 Å². The highest BCUT2D eigenvalue weighted by molar-refractivity contribution is 7.80. The number of hydrogen-bond acceptors (Lipinski definition) is 3. The predicted molar refractivity (Wildman–Crippen MR) is 96.6 cm³/mol. The molecule has 6 heteroatoms. The first-order chi connectivity index (χ1) is 11.2. The van der Waals surface area contributed by atoms with E-state index in [4.69, 9.17) is 17.0 Å². The molecule has 1 aromatic rings. The van der Waals surface area contributed by atoms with Crippen molar-refractivity contribution in [3.63, 3.8) is 0 Å². The molecule has 0 saturated heterocycles. The molecule has 0 aromatic heterocycles. The maximum atomic E-state index is 13.0. The lowest BCUT2D eigenvalue weighted by molar-refractivity contribution is -0.136. The average Bonchev–Trinajstić information content (AvgIpc) is 2.52. The summed E-state index contributed by atoms with van der Waals surface area (Å²) in [5.74, 6) is -0.713. The Morgan fingerprint density at radius 2 is 1.92 bits per heavy atom. The van der Waals surface area contributed by atoms with Crippen molar-refractivity contribution in [3.8, 4) is 0 Å². The molecule has 0 fully saturated rings. The highest BCUT2D eigenvalue weighted by Gasteiger charge is 2.34. The van der Waals surface area contributed by atoms with E-state index < -0.39 is 12.0 Å². The van der Waals surface area contributed by atoms with Gasteiger partial charge in [-0.1, -0.05) is 45.1 Å². The number of carbonyl (C=O) groups excluding carboxylic acids is 1. The van der Waals surface area contributed by atoms with Gasteiger partial charge in [-0.05, 0) is 29.9 Å². The van der Waals surface area contributed by atoms with Crippen LogP contribution in [0, 0.1) is 11.2 Å². The normalized spacial score (nSPS) is 18.4. The minimum atomic E-state index is -0.425. The molecule has 1 aromatic carbocycles. The molecule has 1 atom stereocenters. The number of methoxy groups -OCH3 is 1. The second kappa shape index (κ2) is 7.13. The Morgan fingerprint density at radius 1 is 1.29 bits per heavy atom. The van der Waals surface area contributed by atoms with Gasteiger partial charge in [0, 0.05) is 11.1 Å². The van der Waals surface area contributed by atoms with Gasteiger partial charge >= 0.3 is 5.97 Å². The quantitative estimate of drug-likeness (QED) is 0.649. The molecule has 1 heterocycles. The molecular formula is C18H21FN2O2S. The average molecular weight is 348 g/mol. The molecule has 1 unspecified atom stereocenters. The van der Waals surface area contributed by atoms with Gasteiger partial charge in [0.25, 0.3) is 0 Å². The summed E-state index contributed by atoms with van der Waals surface area (Å²) in [6.07, 6.45) is 3.63. The fourth-order valence-corrected chi connectivity index (χ4v) is 2.67. The number of hydrogen-bond donors (Lipinski definition) is 2. The number of ether oxygens (including phenoxy) is 1. The minimum absolute atomic E-state index is 0.293. The summed E-state index contributed by atoms with van der Waals surface area (Å²) in [6.45, 7) is 5.98. The fraction of sp³-hybridized carbons (Fsp3) is 0.333. The van der Waals surface area contributed by atoms with Gasteiger partial charge in [-0.2, -0.15) is 0 Å². The third-order valence-corrected chi connectivity index (χ3v) is 3.83. The number of halogens is 1. The Labute approximate surface area is 146 Å². The number of rotatable bonds is 3. The highest BCUT2D eigenvalue weighted by Crippen LogP contribution is 2.30. The molecule has 1 aliphatic rings. The summed E-state index contributed by atoms with van der Waals surface area (Å²) in [5, 5.41) is 6.58. The Balaban J connectivity index is 2.43. The summed E-state index contributed by atoms with van der Waals surface area (Å²) < 4.78 is 17.9. The molecule has 0 aliphatic carbocycles. The monoisotopic (exact) mass is 348 g/mol. The van der Waals surface area contributed by atoms with Crippen LogP contribution >= 0.6 is 12.2 Å². The van der Waals surface area contributed by atoms with Crippen molar-refractivity contribution in [1.82, 2.24) is 10.6 Å². The van der Waals surface area contributed by atoms with Crippen molar-refractivity contribution in [2.75, 3.05) is 7.11 Å². The van der Waals surface area contributed by atoms with Crippen molar-refractivity contribution >= 4 is 29.4 Å². The predicted octanol–water partition coefficient (Wildman–Crippen LogP) is 3.16. The number of carbonyl (C=O) groups is 1. The summed E-state index contributed by atoms with van der Waals surface area (Å²) >= 11 is 5.26. The Morgan fingerprint density at radius 3 is 2.46 bits per heavy atom. The van der Waals surface area contributed by atoms with E-state index in [-0.39, 0.29) is 11.2 Å². The summed E-state index contributed by atoms with van der Waals surface area (Å²) in [7, 11) is 1.35. The highest BCUT2D eigenvalue weighted by atomic mass is 32.1. The van der Waals surface area contributed by atoms with E-state index in [2.05, 4.69) is 10.6 Å². The molecule has 0 radical (unpaired) electrons. The second-order valence-electron chi connectivity index (χ2n) is 6.52. The van der Waals surface area contributed by atoms with Gasteiger partial charge < -0.3 is 15.4 Å². The zero-order valence-corrected chi connectivity index (χ0v) is 15.0. The topological polar surface area (TPSA) is 50.4 Å². The van der Waals surface area contributed by atoms with Crippen LogP contribution < -0.4 is 10.6 Å². The number of nitrogens with one attached hydrogen (secondary N) is 2. The lowest BCUT2D eigenvalue weighted by atomic mass is 9.85. The van der Waals surface area contributed by atoms with Crippen LogP contribution in [0.1, 0.15) is 26.3 Å². The molecule has 128 valence electrons. The summed E-state index contributed by atoms with van der Waals surface area (Å²) in [5.41, 5.74) is 1.73. The van der Waals surface area contributed by atoms with Crippen molar-refractivity contribution in [2.24, 2.45) is 5.41 Å². The second-order valence-corrected chi connectivity index (χ2v) is 6.93. The minimum Gasteiger partial charge on any atom is -0.466 e. The molecule has 24 heavy (non-hydrogen) atoms. The molecule has 2 rings (SSSR count). The van der Waals surface area contributed by atoms with E-state index in [0.29, 0.717) is 10.7 Å². The van der Waals surface area contributed by atoms with Crippen molar-refractivity contribution in [2.45, 2.75) is 26.8 Å². The molecule has 0 saturated carbocycles. The summed E-state index contributed by atoms with van der Waals surface area (Å²) in [4.78, 5) is 12.3. The van der Waals surface area contributed by atoms with Gasteiger partial charge in [0.15, 0.2) is 5.11 Å². The van der Waals surface area contributed by atoms with Crippen LogP contribution in [0.2, 0.25) is 0 Å². The van der Waals surface area contributed by atoms with Crippen LogP contribution in [0.3, 0.4) is 0 Å². The van der Waals surface area contributed by atoms with Gasteiger partial charge in [-0.3, -0.25) is 0 Å². The lowest BCUT2D eigenvalue weighted by Crippen LogP contribution is -2.51. The van der Waals surface area contributed by atoms with Crippen LogP contribution in [0.5, 0.6) is 0 Å². The molecular weight excluding hydrogens is 327 g/mol. The SMILES string of the molecule is COC(=O)C1=C(C(C)(C)C)NC(=S)NC1/C=C/c1ccc(F)cc1. The van der Waals surface area contributed by atoms with Crippen LogP contribution in [-0.4, -0.2) is 24.2 Å². The standard InChI is InChI=1S/C18H21FN2O2S/c1-18(2,3)15-14(16(22)23-4)13(20-17(24)21-15)10-7-11-5-8-12(19)9-6-11/h5-10,13H,1-4H3,(H2,20,21,24)/b10-7+. The third-order valence-electron chi connectivity index (χ3n) is 3.61. The number of allylic oxidation sites excluding steroid dienone is 1. The van der Waals surface area contributed by atoms with Gasteiger partial charge in [0.2, 0.25) is 0 Å². The first-order valence-corrected chi connectivity index (χ1v) is 7.97. The smallest absolute Gasteiger partial charge is 0.337 e. The maximum Gasteiger partial charge on any atom is 0.337 e. The van der Waals surface area contributed by atoms with E-state index in [1.165, 1.54) is 19.2 Å². The Bertz CT molecular complexity index is 703. The Hall–Kier alpha value is -2.21. The van der Waals surface area contributed by atoms with Crippen LogP contribution in [0.25, 0.3) is 6.08 Å². The number of benzene rings is 1. The fourth-order valence-electron chi connectivity index (χ4n) is 2.44. The third kappa shape index (κ3) is 4.20. The van der Waals surface area contributed by atoms with E-state index in [9.17, 15) is 9.18 Å². The summed E-state index contributed by atoms with van der Waals surface area (Å²) in [6, 6.07) is 5.68. The van der Waals surface area contributed by atoms with E-state index in [0.717, 1.165) is 11.3 Å². The molecule has 0 spiro atoms. The first-order valence-electron chi connectivity index (χ1n) is 7.56. The van der Waals surface area contributed by atoms with Gasteiger partial charge in [-0.15, -0.1) is 0 Å². The van der Waals surface area contributed by atoms with Gasteiger partial charge in [-0.25, -0.2) is 9.18 Å². The molecule has 4 nitrogen and oxygen atoms in total. The number of esters is 1. The first kappa shape index (κ1) is 18.1.